The first kappa shape index (κ1) is 27.4. The lowest BCUT2D eigenvalue weighted by Gasteiger charge is -2.26. The highest BCUT2D eigenvalue weighted by Crippen LogP contribution is 2.36. The van der Waals surface area contributed by atoms with Crippen molar-refractivity contribution >= 4 is 39.3 Å². The minimum atomic E-state index is -0.792. The molecule has 196 valence electrons. The van der Waals surface area contributed by atoms with Crippen LogP contribution in [0.2, 0.25) is 0 Å². The molecule has 0 bridgehead atoms. The highest BCUT2D eigenvalue weighted by Gasteiger charge is 2.35. The molecular formula is C28H26BrN3O5S. The van der Waals surface area contributed by atoms with Crippen LogP contribution in [0, 0.1) is 11.3 Å². The van der Waals surface area contributed by atoms with Crippen molar-refractivity contribution in [3.63, 3.8) is 0 Å². The van der Waals surface area contributed by atoms with E-state index in [1.165, 1.54) is 15.9 Å². The van der Waals surface area contributed by atoms with Crippen LogP contribution in [0.5, 0.6) is 11.5 Å². The molecular weight excluding hydrogens is 570 g/mol. The van der Waals surface area contributed by atoms with E-state index in [9.17, 15) is 9.59 Å². The first-order chi connectivity index (χ1) is 18.2. The maximum absolute atomic E-state index is 13.9. The lowest BCUT2D eigenvalue weighted by Crippen LogP contribution is -2.40. The Labute approximate surface area is 232 Å². The average Bonchev–Trinajstić information content (AvgIpc) is 3.17. The van der Waals surface area contributed by atoms with Crippen LogP contribution in [0.1, 0.15) is 44.9 Å². The number of nitrogens with zero attached hydrogens (tertiary/aromatic N) is 3. The summed E-state index contributed by atoms with van der Waals surface area (Å²) in [6, 6.07) is 13.9. The number of carbonyl (C=O) groups excluding carboxylic acids is 1. The number of benzene rings is 2. The second-order valence-corrected chi connectivity index (χ2v) is 10.6. The smallest absolute Gasteiger partial charge is 0.338 e. The van der Waals surface area contributed by atoms with E-state index in [1.807, 2.05) is 50.2 Å². The Kier molecular flexibility index (Phi) is 8.49. The monoisotopic (exact) mass is 595 g/mol. The van der Waals surface area contributed by atoms with Gasteiger partial charge in [-0.1, -0.05) is 45.5 Å². The molecule has 0 aliphatic carbocycles. The molecule has 0 saturated carbocycles. The minimum Gasteiger partial charge on any atom is -0.491 e. The van der Waals surface area contributed by atoms with Gasteiger partial charge in [-0.3, -0.25) is 9.36 Å². The highest BCUT2D eigenvalue weighted by molar-refractivity contribution is 9.10. The summed E-state index contributed by atoms with van der Waals surface area (Å²) in [5.41, 5.74) is 1.72. The molecule has 38 heavy (non-hydrogen) atoms. The number of ether oxygens (including phenoxy) is 3. The molecule has 3 aromatic rings. The number of allylic oxidation sites excluding steroid dienone is 1. The largest absolute Gasteiger partial charge is 0.491 e. The van der Waals surface area contributed by atoms with E-state index < -0.39 is 12.0 Å². The Bertz CT molecular complexity index is 1630. The van der Waals surface area contributed by atoms with Gasteiger partial charge in [0.2, 0.25) is 0 Å². The number of carbonyl (C=O) groups is 1. The van der Waals surface area contributed by atoms with Crippen LogP contribution >= 0.6 is 27.3 Å². The highest BCUT2D eigenvalue weighted by atomic mass is 79.9. The summed E-state index contributed by atoms with van der Waals surface area (Å²) in [5, 5.41) is 8.95. The molecule has 0 fully saturated rings. The molecule has 1 atom stereocenters. The Balaban J connectivity index is 1.98. The van der Waals surface area contributed by atoms with Crippen molar-refractivity contribution in [3.8, 4) is 17.6 Å². The fourth-order valence-electron chi connectivity index (χ4n) is 4.17. The second kappa shape index (κ2) is 11.8. The van der Waals surface area contributed by atoms with Crippen LogP contribution in [-0.2, 0) is 9.53 Å². The molecule has 0 amide bonds. The number of para-hydroxylation sites is 1. The van der Waals surface area contributed by atoms with E-state index in [0.29, 0.717) is 37.7 Å². The van der Waals surface area contributed by atoms with Gasteiger partial charge in [0.25, 0.3) is 5.56 Å². The van der Waals surface area contributed by atoms with Crippen molar-refractivity contribution in [1.29, 1.82) is 5.26 Å². The van der Waals surface area contributed by atoms with Gasteiger partial charge >= 0.3 is 5.97 Å². The Morgan fingerprint density at radius 1 is 1.26 bits per heavy atom. The van der Waals surface area contributed by atoms with Crippen molar-refractivity contribution in [2.24, 2.45) is 4.99 Å². The SMILES string of the molecule is CCOC(=O)C1=C(C)N=c2s/c(=C/c3cc(Br)ccc3OCC#N)c(=O)n2[C@H]1c1ccccc1OC(C)C. The van der Waals surface area contributed by atoms with Crippen LogP contribution in [-0.4, -0.2) is 29.9 Å². The number of aromatic nitrogens is 1. The van der Waals surface area contributed by atoms with Gasteiger partial charge in [0, 0.05) is 15.6 Å². The Morgan fingerprint density at radius 3 is 2.74 bits per heavy atom. The van der Waals surface area contributed by atoms with E-state index in [4.69, 9.17) is 19.5 Å². The van der Waals surface area contributed by atoms with E-state index in [1.54, 1.807) is 32.1 Å². The molecule has 8 nitrogen and oxygen atoms in total. The van der Waals surface area contributed by atoms with Crippen LogP contribution < -0.4 is 24.4 Å². The van der Waals surface area contributed by atoms with Crippen LogP contribution in [0.4, 0.5) is 0 Å². The average molecular weight is 597 g/mol. The first-order valence-corrected chi connectivity index (χ1v) is 13.6. The van der Waals surface area contributed by atoms with Crippen LogP contribution in [0.3, 0.4) is 0 Å². The Morgan fingerprint density at radius 2 is 2.03 bits per heavy atom. The summed E-state index contributed by atoms with van der Waals surface area (Å²) in [4.78, 5) is 32.2. The molecule has 2 heterocycles. The summed E-state index contributed by atoms with van der Waals surface area (Å²) >= 11 is 4.67. The fraction of sp³-hybridized carbons (Fsp3) is 0.286. The number of fused-ring (bicyclic) bond motifs is 1. The van der Waals surface area contributed by atoms with Gasteiger partial charge in [-0.2, -0.15) is 5.26 Å². The molecule has 4 rings (SSSR count). The standard InChI is InChI=1S/C28H26BrN3O5S/c1-5-35-27(34)24-17(4)31-28-32(25(24)20-8-6-7-9-22(20)37-16(2)3)26(33)23(38-28)15-18-14-19(29)10-11-21(18)36-13-12-30/h6-11,14-16,25H,5,13H2,1-4H3/b23-15+/t25-/m0/s1. The molecule has 0 unspecified atom stereocenters. The van der Waals surface area contributed by atoms with Crippen molar-refractivity contribution in [2.45, 2.75) is 39.8 Å². The zero-order valence-corrected chi connectivity index (χ0v) is 23.8. The van der Waals surface area contributed by atoms with Crippen LogP contribution in [0.15, 0.2) is 68.0 Å². The molecule has 1 aliphatic heterocycles. The minimum absolute atomic E-state index is 0.119. The second-order valence-electron chi connectivity index (χ2n) is 8.64. The summed E-state index contributed by atoms with van der Waals surface area (Å²) < 4.78 is 19.7. The molecule has 0 spiro atoms. The van der Waals surface area contributed by atoms with Crippen molar-refractivity contribution in [3.05, 3.63) is 89.0 Å². The summed E-state index contributed by atoms with van der Waals surface area (Å²) in [5.74, 6) is 0.500. The van der Waals surface area contributed by atoms with E-state index in [2.05, 4.69) is 20.9 Å². The molecule has 10 heteroatoms. The van der Waals surface area contributed by atoms with Gasteiger partial charge in [0.05, 0.1) is 28.5 Å². The van der Waals surface area contributed by atoms with Crippen molar-refractivity contribution < 1.29 is 19.0 Å². The predicted octanol–water partition coefficient (Wildman–Crippen LogP) is 4.25. The lowest BCUT2D eigenvalue weighted by molar-refractivity contribution is -0.139. The number of thiazole rings is 1. The number of nitriles is 1. The molecule has 1 aromatic heterocycles. The van der Waals surface area contributed by atoms with E-state index >= 15 is 0 Å². The number of hydrogen-bond donors (Lipinski definition) is 0. The molecule has 0 N–H and O–H groups in total. The normalized spacial score (nSPS) is 15.1. The topological polar surface area (TPSA) is 103 Å². The van der Waals surface area contributed by atoms with Gasteiger partial charge < -0.3 is 14.2 Å². The zero-order chi connectivity index (χ0) is 27.4. The summed E-state index contributed by atoms with van der Waals surface area (Å²) in [7, 11) is 0. The lowest BCUT2D eigenvalue weighted by atomic mass is 9.95. The summed E-state index contributed by atoms with van der Waals surface area (Å²) in [6.45, 7) is 7.37. The van der Waals surface area contributed by atoms with Gasteiger partial charge in [0.1, 0.15) is 23.6 Å². The maximum atomic E-state index is 13.9. The van der Waals surface area contributed by atoms with Gasteiger partial charge in [-0.25, -0.2) is 9.79 Å². The number of rotatable bonds is 8. The third-order valence-electron chi connectivity index (χ3n) is 5.64. The van der Waals surface area contributed by atoms with Crippen LogP contribution in [0.25, 0.3) is 6.08 Å². The molecule has 1 aliphatic rings. The third kappa shape index (κ3) is 5.59. The third-order valence-corrected chi connectivity index (χ3v) is 7.12. The predicted molar refractivity (Wildman–Crippen MR) is 148 cm³/mol. The van der Waals surface area contributed by atoms with Gasteiger partial charge in [0.15, 0.2) is 11.4 Å². The number of hydrogen-bond acceptors (Lipinski definition) is 8. The molecule has 0 saturated heterocycles. The van der Waals surface area contributed by atoms with Gasteiger partial charge in [-0.05, 0) is 58.0 Å². The number of halogens is 1. The van der Waals surface area contributed by atoms with Crippen molar-refractivity contribution in [2.75, 3.05) is 13.2 Å². The van der Waals surface area contributed by atoms with Crippen molar-refractivity contribution in [1.82, 2.24) is 4.57 Å². The summed E-state index contributed by atoms with van der Waals surface area (Å²) in [6.07, 6.45) is 1.59. The Hall–Kier alpha value is -3.68. The van der Waals surface area contributed by atoms with E-state index in [0.717, 1.165) is 4.47 Å². The maximum Gasteiger partial charge on any atom is 0.338 e. The first-order valence-electron chi connectivity index (χ1n) is 12.0. The molecule has 0 radical (unpaired) electrons. The number of esters is 1. The van der Waals surface area contributed by atoms with Gasteiger partial charge in [-0.15, -0.1) is 0 Å². The van der Waals surface area contributed by atoms with E-state index in [-0.39, 0.29) is 30.5 Å². The molecule has 2 aromatic carbocycles. The quantitative estimate of drug-likeness (QED) is 0.361. The fourth-order valence-corrected chi connectivity index (χ4v) is 5.58. The zero-order valence-electron chi connectivity index (χ0n) is 21.4.